The second-order valence-electron chi connectivity index (χ2n) is 7.27. The third-order valence-corrected chi connectivity index (χ3v) is 6.96. The normalized spacial score (nSPS) is 11.7. The molecule has 0 saturated heterocycles. The van der Waals surface area contributed by atoms with E-state index < -0.39 is 26.3 Å². The van der Waals surface area contributed by atoms with Crippen LogP contribution in [0.3, 0.4) is 0 Å². The van der Waals surface area contributed by atoms with Crippen LogP contribution < -0.4 is 10.3 Å². The predicted octanol–water partition coefficient (Wildman–Crippen LogP) is 4.07. The number of pyridine rings is 1. The van der Waals surface area contributed by atoms with E-state index in [2.05, 4.69) is 4.98 Å². The van der Waals surface area contributed by atoms with Gasteiger partial charge in [-0.1, -0.05) is 42.5 Å². The summed E-state index contributed by atoms with van der Waals surface area (Å²) in [6.07, 6.45) is 0. The summed E-state index contributed by atoms with van der Waals surface area (Å²) < 4.78 is 47.4. The van der Waals surface area contributed by atoms with Gasteiger partial charge in [0.15, 0.2) is 0 Å². The molecule has 0 aliphatic rings. The highest BCUT2D eigenvalue weighted by Gasteiger charge is 2.28. The van der Waals surface area contributed by atoms with Crippen LogP contribution in [-0.2, 0) is 23.1 Å². The number of hydrogen-bond donors (Lipinski definition) is 1. The van der Waals surface area contributed by atoms with E-state index in [9.17, 15) is 17.6 Å². The van der Waals surface area contributed by atoms with Crippen LogP contribution in [0.4, 0.5) is 4.39 Å². The molecule has 0 atom stereocenters. The van der Waals surface area contributed by atoms with Crippen molar-refractivity contribution < 1.29 is 17.5 Å². The highest BCUT2D eigenvalue weighted by atomic mass is 32.2. The minimum atomic E-state index is -4.22. The number of rotatable bonds is 7. The number of aromatic amines is 1. The van der Waals surface area contributed by atoms with Crippen LogP contribution in [0.25, 0.3) is 10.9 Å². The second kappa shape index (κ2) is 8.94. The minimum absolute atomic E-state index is 0.0163. The first kappa shape index (κ1) is 21.7. The number of halogens is 1. The van der Waals surface area contributed by atoms with Crippen molar-refractivity contribution in [1.82, 2.24) is 9.29 Å². The maximum Gasteiger partial charge on any atom is 0.252 e. The molecule has 32 heavy (non-hydrogen) atoms. The lowest BCUT2D eigenvalue weighted by Crippen LogP contribution is -2.33. The summed E-state index contributed by atoms with van der Waals surface area (Å²) >= 11 is 0. The largest absolute Gasteiger partial charge is 0.497 e. The number of H-pyrrole nitrogens is 1. The van der Waals surface area contributed by atoms with Crippen LogP contribution in [0.2, 0.25) is 0 Å². The lowest BCUT2D eigenvalue weighted by Gasteiger charge is -2.22. The first-order valence-electron chi connectivity index (χ1n) is 9.87. The zero-order chi connectivity index (χ0) is 22.7. The molecule has 0 unspecified atom stereocenters. The fraction of sp³-hybridized carbons (Fsp3) is 0.125. The van der Waals surface area contributed by atoms with Crippen molar-refractivity contribution in [3.05, 3.63) is 106 Å². The highest BCUT2D eigenvalue weighted by molar-refractivity contribution is 7.89. The summed E-state index contributed by atoms with van der Waals surface area (Å²) in [5, 5.41) is 0.725. The Labute approximate surface area is 185 Å². The van der Waals surface area contributed by atoms with Gasteiger partial charge in [0.05, 0.1) is 12.6 Å². The van der Waals surface area contributed by atoms with E-state index in [1.54, 1.807) is 48.5 Å². The fourth-order valence-corrected chi connectivity index (χ4v) is 4.94. The Morgan fingerprint density at radius 1 is 0.938 bits per heavy atom. The van der Waals surface area contributed by atoms with Crippen LogP contribution in [0, 0.1) is 5.82 Å². The van der Waals surface area contributed by atoms with Gasteiger partial charge in [-0.15, -0.1) is 0 Å². The topological polar surface area (TPSA) is 79.5 Å². The first-order chi connectivity index (χ1) is 15.4. The van der Waals surface area contributed by atoms with Gasteiger partial charge in [-0.3, -0.25) is 4.79 Å². The third-order valence-electron chi connectivity index (χ3n) is 5.13. The number of nitrogens with one attached hydrogen (secondary N) is 1. The van der Waals surface area contributed by atoms with Crippen molar-refractivity contribution in [3.63, 3.8) is 0 Å². The van der Waals surface area contributed by atoms with E-state index in [1.165, 1.54) is 25.3 Å². The number of nitrogens with zero attached hydrogens (tertiary/aromatic N) is 1. The number of fused-ring (bicyclic) bond motifs is 1. The molecule has 8 heteroatoms. The Balaban J connectivity index is 1.78. The zero-order valence-electron chi connectivity index (χ0n) is 17.3. The van der Waals surface area contributed by atoms with E-state index in [4.69, 9.17) is 4.74 Å². The molecule has 0 aliphatic carbocycles. The van der Waals surface area contributed by atoms with Gasteiger partial charge < -0.3 is 9.72 Å². The summed E-state index contributed by atoms with van der Waals surface area (Å²) in [5.74, 6) is -0.251. The van der Waals surface area contributed by atoms with Gasteiger partial charge in [-0.05, 0) is 41.3 Å². The molecule has 0 aliphatic heterocycles. The smallest absolute Gasteiger partial charge is 0.252 e. The molecule has 0 amide bonds. The average Bonchev–Trinajstić information content (AvgIpc) is 2.79. The number of sulfonamides is 1. The SMILES string of the molecule is COc1ccc2cc(CN(Cc3ccccc3)S(=O)(=O)c3ccccc3F)c(=O)[nH]c2c1. The third kappa shape index (κ3) is 4.42. The molecule has 0 fully saturated rings. The molecule has 3 aromatic carbocycles. The Bertz CT molecular complexity index is 1420. The number of ether oxygens (including phenoxy) is 1. The number of benzene rings is 3. The molecular weight excluding hydrogens is 431 g/mol. The van der Waals surface area contributed by atoms with Crippen LogP contribution in [-0.4, -0.2) is 24.8 Å². The van der Waals surface area contributed by atoms with Gasteiger partial charge in [0.1, 0.15) is 16.5 Å². The van der Waals surface area contributed by atoms with E-state index in [1.807, 2.05) is 6.07 Å². The molecule has 6 nitrogen and oxygen atoms in total. The number of hydrogen-bond acceptors (Lipinski definition) is 4. The standard InChI is InChI=1S/C24H21FN2O4S/c1-31-20-12-11-18-13-19(24(28)26-22(18)14-20)16-27(15-17-7-3-2-4-8-17)32(29,30)23-10-6-5-9-21(23)25/h2-14H,15-16H2,1H3,(H,26,28). The van der Waals surface area contributed by atoms with Crippen LogP contribution >= 0.6 is 0 Å². The first-order valence-corrected chi connectivity index (χ1v) is 11.3. The molecule has 4 aromatic rings. The minimum Gasteiger partial charge on any atom is -0.497 e. The highest BCUT2D eigenvalue weighted by Crippen LogP contribution is 2.24. The van der Waals surface area contributed by atoms with Crippen LogP contribution in [0.15, 0.2) is 88.6 Å². The van der Waals surface area contributed by atoms with E-state index in [0.717, 1.165) is 21.3 Å². The molecule has 0 spiro atoms. The van der Waals surface area contributed by atoms with Gasteiger partial charge in [0.2, 0.25) is 10.0 Å². The summed E-state index contributed by atoms with van der Waals surface area (Å²) in [6.45, 7) is -0.236. The average molecular weight is 453 g/mol. The molecular formula is C24H21FN2O4S. The molecule has 1 aromatic heterocycles. The Morgan fingerprint density at radius 3 is 2.38 bits per heavy atom. The Morgan fingerprint density at radius 2 is 1.66 bits per heavy atom. The predicted molar refractivity (Wildman–Crippen MR) is 120 cm³/mol. The summed E-state index contributed by atoms with van der Waals surface area (Å²) in [5.41, 5.74) is 1.12. The van der Waals surface area contributed by atoms with E-state index in [-0.39, 0.29) is 18.7 Å². The van der Waals surface area contributed by atoms with Crippen molar-refractivity contribution in [2.45, 2.75) is 18.0 Å². The summed E-state index contributed by atoms with van der Waals surface area (Å²) in [6, 6.07) is 21.0. The van der Waals surface area contributed by atoms with E-state index in [0.29, 0.717) is 11.3 Å². The molecule has 4 rings (SSSR count). The fourth-order valence-electron chi connectivity index (χ4n) is 3.47. The monoisotopic (exact) mass is 452 g/mol. The lowest BCUT2D eigenvalue weighted by atomic mass is 10.1. The summed E-state index contributed by atoms with van der Waals surface area (Å²) in [4.78, 5) is 15.1. The lowest BCUT2D eigenvalue weighted by molar-refractivity contribution is 0.396. The van der Waals surface area contributed by atoms with Crippen molar-refractivity contribution >= 4 is 20.9 Å². The molecule has 1 heterocycles. The maximum absolute atomic E-state index is 14.4. The molecule has 0 bridgehead atoms. The van der Waals surface area contributed by atoms with Gasteiger partial charge in [-0.2, -0.15) is 4.31 Å². The Kier molecular flexibility index (Phi) is 6.07. The summed E-state index contributed by atoms with van der Waals surface area (Å²) in [7, 11) is -2.69. The van der Waals surface area contributed by atoms with Crippen LogP contribution in [0.1, 0.15) is 11.1 Å². The van der Waals surface area contributed by atoms with Crippen molar-refractivity contribution in [3.8, 4) is 5.75 Å². The molecule has 0 radical (unpaired) electrons. The molecule has 1 N–H and O–H groups in total. The zero-order valence-corrected chi connectivity index (χ0v) is 18.1. The maximum atomic E-state index is 14.4. The van der Waals surface area contributed by atoms with Crippen molar-refractivity contribution in [1.29, 1.82) is 0 Å². The number of aromatic nitrogens is 1. The Hall–Kier alpha value is -3.49. The number of methoxy groups -OCH3 is 1. The van der Waals surface area contributed by atoms with Crippen LogP contribution in [0.5, 0.6) is 5.75 Å². The van der Waals surface area contributed by atoms with Gasteiger partial charge in [-0.25, -0.2) is 12.8 Å². The van der Waals surface area contributed by atoms with Gasteiger partial charge in [0.25, 0.3) is 5.56 Å². The van der Waals surface area contributed by atoms with E-state index >= 15 is 0 Å². The quantitative estimate of drug-likeness (QED) is 0.459. The van der Waals surface area contributed by atoms with Gasteiger partial charge in [0, 0.05) is 24.7 Å². The van der Waals surface area contributed by atoms with Gasteiger partial charge >= 0.3 is 0 Å². The molecule has 0 saturated carbocycles. The molecule has 164 valence electrons. The van der Waals surface area contributed by atoms with Crippen molar-refractivity contribution in [2.24, 2.45) is 0 Å². The second-order valence-corrected chi connectivity index (χ2v) is 9.17. The van der Waals surface area contributed by atoms with Crippen molar-refractivity contribution in [2.75, 3.05) is 7.11 Å².